The van der Waals surface area contributed by atoms with Crippen molar-refractivity contribution in [3.8, 4) is 5.75 Å². The van der Waals surface area contributed by atoms with Gasteiger partial charge in [0.1, 0.15) is 11.4 Å². The minimum Gasteiger partial charge on any atom is -0.496 e. The van der Waals surface area contributed by atoms with Crippen LogP contribution in [0.15, 0.2) is 42.6 Å². The topological polar surface area (TPSA) is 46.5 Å². The molecule has 5 nitrogen and oxygen atoms in total. The van der Waals surface area contributed by atoms with E-state index < -0.39 is 0 Å². The molecular weight excluding hydrogens is 278 g/mol. The zero-order valence-corrected chi connectivity index (χ0v) is 13.0. The van der Waals surface area contributed by atoms with E-state index in [0.29, 0.717) is 12.2 Å². The third-order valence-electron chi connectivity index (χ3n) is 4.17. The van der Waals surface area contributed by atoms with Crippen molar-refractivity contribution in [2.75, 3.05) is 26.7 Å². The summed E-state index contributed by atoms with van der Waals surface area (Å²) in [5.41, 5.74) is 1.75. The molecule has 0 unspecified atom stereocenters. The zero-order valence-electron chi connectivity index (χ0n) is 13.0. The number of para-hydroxylation sites is 1. The van der Waals surface area contributed by atoms with Gasteiger partial charge in [0.05, 0.1) is 13.2 Å². The molecule has 0 radical (unpaired) electrons. The molecule has 1 aromatic heterocycles. The van der Waals surface area contributed by atoms with E-state index in [-0.39, 0.29) is 11.9 Å². The van der Waals surface area contributed by atoms with Gasteiger partial charge in [0.15, 0.2) is 0 Å². The summed E-state index contributed by atoms with van der Waals surface area (Å²) in [7, 11) is 3.56. The van der Waals surface area contributed by atoms with Gasteiger partial charge in [-0.05, 0) is 18.2 Å². The van der Waals surface area contributed by atoms with Crippen molar-refractivity contribution in [3.05, 3.63) is 53.9 Å². The predicted octanol–water partition coefficient (Wildman–Crippen LogP) is 1.82. The third-order valence-corrected chi connectivity index (χ3v) is 4.17. The van der Waals surface area contributed by atoms with Crippen molar-refractivity contribution in [1.82, 2.24) is 14.8 Å². The molecule has 22 heavy (non-hydrogen) atoms. The van der Waals surface area contributed by atoms with E-state index in [1.54, 1.807) is 7.11 Å². The first kappa shape index (κ1) is 14.7. The minimum absolute atomic E-state index is 0.0210. The zero-order chi connectivity index (χ0) is 15.5. The maximum absolute atomic E-state index is 12.9. The Bertz CT molecular complexity index is 665. The van der Waals surface area contributed by atoms with Crippen LogP contribution in [0.4, 0.5) is 0 Å². The van der Waals surface area contributed by atoms with Crippen molar-refractivity contribution in [2.45, 2.75) is 6.04 Å². The number of methoxy groups -OCH3 is 1. The summed E-state index contributed by atoms with van der Waals surface area (Å²) in [5, 5.41) is 3.37. The van der Waals surface area contributed by atoms with Gasteiger partial charge in [-0.2, -0.15) is 0 Å². The van der Waals surface area contributed by atoms with E-state index in [1.807, 2.05) is 59.1 Å². The number of benzene rings is 1. The Kier molecular flexibility index (Phi) is 4.15. The highest BCUT2D eigenvalue weighted by molar-refractivity contribution is 5.93. The van der Waals surface area contributed by atoms with E-state index >= 15 is 0 Å². The van der Waals surface area contributed by atoms with Crippen molar-refractivity contribution in [2.24, 2.45) is 7.05 Å². The molecule has 2 heterocycles. The summed E-state index contributed by atoms with van der Waals surface area (Å²) >= 11 is 0. The van der Waals surface area contributed by atoms with Crippen LogP contribution in [0.25, 0.3) is 0 Å². The molecule has 2 aromatic rings. The molecule has 1 atom stereocenters. The second-order valence-electron chi connectivity index (χ2n) is 5.46. The molecule has 1 fully saturated rings. The molecule has 0 saturated carbocycles. The van der Waals surface area contributed by atoms with E-state index in [9.17, 15) is 4.79 Å². The van der Waals surface area contributed by atoms with Crippen LogP contribution in [-0.4, -0.2) is 42.1 Å². The highest BCUT2D eigenvalue weighted by atomic mass is 16.5. The van der Waals surface area contributed by atoms with E-state index in [4.69, 9.17) is 4.74 Å². The number of rotatable bonds is 3. The fourth-order valence-corrected chi connectivity index (χ4v) is 3.00. The number of piperazine rings is 1. The highest BCUT2D eigenvalue weighted by Gasteiger charge is 2.31. The molecule has 3 rings (SSSR count). The van der Waals surface area contributed by atoms with E-state index in [1.165, 1.54) is 0 Å². The van der Waals surface area contributed by atoms with E-state index in [2.05, 4.69) is 5.32 Å². The van der Waals surface area contributed by atoms with Crippen molar-refractivity contribution in [3.63, 3.8) is 0 Å². The Balaban J connectivity index is 1.95. The van der Waals surface area contributed by atoms with Gasteiger partial charge in [-0.1, -0.05) is 18.2 Å². The van der Waals surface area contributed by atoms with Gasteiger partial charge in [0.2, 0.25) is 0 Å². The lowest BCUT2D eigenvalue weighted by molar-refractivity contribution is 0.0622. The third kappa shape index (κ3) is 2.60. The van der Waals surface area contributed by atoms with Gasteiger partial charge < -0.3 is 19.5 Å². The summed E-state index contributed by atoms with van der Waals surface area (Å²) in [6.45, 7) is 2.23. The lowest BCUT2D eigenvalue weighted by Gasteiger charge is -2.37. The lowest BCUT2D eigenvalue weighted by atomic mass is 10.0. The molecule has 1 amide bonds. The van der Waals surface area contributed by atoms with Crippen molar-refractivity contribution in [1.29, 1.82) is 0 Å². The van der Waals surface area contributed by atoms with Gasteiger partial charge in [0, 0.05) is 38.4 Å². The van der Waals surface area contributed by atoms with Crippen LogP contribution < -0.4 is 10.1 Å². The molecule has 1 saturated heterocycles. The van der Waals surface area contributed by atoms with Gasteiger partial charge in [-0.15, -0.1) is 0 Å². The number of aryl methyl sites for hydroxylation is 1. The second-order valence-corrected chi connectivity index (χ2v) is 5.46. The first-order chi connectivity index (χ1) is 10.7. The predicted molar refractivity (Wildman–Crippen MR) is 85.1 cm³/mol. The molecule has 0 aliphatic carbocycles. The smallest absolute Gasteiger partial charge is 0.271 e. The number of aromatic nitrogens is 1. The van der Waals surface area contributed by atoms with Crippen LogP contribution in [0.1, 0.15) is 22.1 Å². The molecule has 5 heteroatoms. The molecule has 0 spiro atoms. The van der Waals surface area contributed by atoms with Crippen LogP contribution in [0.3, 0.4) is 0 Å². The Hall–Kier alpha value is -2.27. The molecular formula is C17H21N3O2. The van der Waals surface area contributed by atoms with Crippen molar-refractivity contribution < 1.29 is 9.53 Å². The molecule has 1 aromatic carbocycles. The summed E-state index contributed by atoms with van der Waals surface area (Å²) in [5.74, 6) is 0.880. The van der Waals surface area contributed by atoms with Crippen LogP contribution >= 0.6 is 0 Å². The van der Waals surface area contributed by atoms with Crippen LogP contribution in [0, 0.1) is 0 Å². The first-order valence-corrected chi connectivity index (χ1v) is 7.48. The maximum atomic E-state index is 12.9. The second kappa shape index (κ2) is 6.23. The molecule has 1 N–H and O–H groups in total. The first-order valence-electron chi connectivity index (χ1n) is 7.48. The number of nitrogens with one attached hydrogen (secondary N) is 1. The number of ether oxygens (including phenoxy) is 1. The summed E-state index contributed by atoms with van der Waals surface area (Å²) in [4.78, 5) is 14.8. The maximum Gasteiger partial charge on any atom is 0.271 e. The van der Waals surface area contributed by atoms with Crippen LogP contribution in [-0.2, 0) is 7.05 Å². The Morgan fingerprint density at radius 3 is 2.82 bits per heavy atom. The fourth-order valence-electron chi connectivity index (χ4n) is 3.00. The Labute approximate surface area is 130 Å². The number of hydrogen-bond donors (Lipinski definition) is 1. The van der Waals surface area contributed by atoms with Crippen molar-refractivity contribution >= 4 is 5.91 Å². The summed E-state index contributed by atoms with van der Waals surface area (Å²) < 4.78 is 7.33. The van der Waals surface area contributed by atoms with Gasteiger partial charge in [-0.3, -0.25) is 4.79 Å². The van der Waals surface area contributed by atoms with Gasteiger partial charge in [-0.25, -0.2) is 0 Å². The molecule has 0 bridgehead atoms. The monoisotopic (exact) mass is 299 g/mol. The standard InChI is InChI=1S/C17H21N3O2/c1-19-10-5-7-14(19)17(21)20-11-9-18-12-15(20)13-6-3-4-8-16(13)22-2/h3-8,10,15,18H,9,11-12H2,1-2H3/t15-/m0/s1. The number of carbonyl (C=O) groups is 1. The quantitative estimate of drug-likeness (QED) is 0.940. The average Bonchev–Trinajstić information content (AvgIpc) is 3.00. The SMILES string of the molecule is COc1ccccc1[C@@H]1CNCCN1C(=O)c1cccn1C. The summed E-state index contributed by atoms with van der Waals surface area (Å²) in [6.07, 6.45) is 1.90. The normalized spacial score (nSPS) is 18.3. The number of amides is 1. The number of carbonyl (C=O) groups excluding carboxylic acids is 1. The molecule has 1 aliphatic heterocycles. The Morgan fingerprint density at radius 2 is 2.09 bits per heavy atom. The molecule has 116 valence electrons. The van der Waals surface area contributed by atoms with Gasteiger partial charge in [0.25, 0.3) is 5.91 Å². The number of hydrogen-bond acceptors (Lipinski definition) is 3. The number of nitrogens with zero attached hydrogens (tertiary/aromatic N) is 2. The summed E-state index contributed by atoms with van der Waals surface area (Å²) in [6, 6.07) is 11.6. The highest BCUT2D eigenvalue weighted by Crippen LogP contribution is 2.31. The van der Waals surface area contributed by atoms with Crippen LogP contribution in [0.2, 0.25) is 0 Å². The van der Waals surface area contributed by atoms with Gasteiger partial charge >= 0.3 is 0 Å². The average molecular weight is 299 g/mol. The minimum atomic E-state index is -0.0210. The largest absolute Gasteiger partial charge is 0.496 e. The Morgan fingerprint density at radius 1 is 1.27 bits per heavy atom. The fraction of sp³-hybridized carbons (Fsp3) is 0.353. The molecule has 1 aliphatic rings. The van der Waals surface area contributed by atoms with Crippen LogP contribution in [0.5, 0.6) is 5.75 Å². The lowest BCUT2D eigenvalue weighted by Crippen LogP contribution is -2.49. The van der Waals surface area contributed by atoms with E-state index in [0.717, 1.165) is 24.4 Å².